The fraction of sp³-hybridized carbons (Fsp3) is 0.0833. The number of nitro benzene ring substituents is 1. The van der Waals surface area contributed by atoms with Gasteiger partial charge in [-0.1, -0.05) is 0 Å². The standard InChI is InChI=1S/C12H7F2N3O4/c1-5-6(12(18)19)4-15-11(16-5)9-7(13)2-3-8(10(9)14)17(20)21/h2-4H,1H3,(H,18,19). The molecule has 2 aromatic rings. The fourth-order valence-electron chi connectivity index (χ4n) is 1.68. The Morgan fingerprint density at radius 1 is 1.38 bits per heavy atom. The van der Waals surface area contributed by atoms with Crippen LogP contribution in [0.4, 0.5) is 14.5 Å². The second kappa shape index (κ2) is 5.19. The van der Waals surface area contributed by atoms with Gasteiger partial charge in [-0.25, -0.2) is 19.2 Å². The maximum atomic E-state index is 14.0. The van der Waals surface area contributed by atoms with Crippen LogP contribution in [0.2, 0.25) is 0 Å². The van der Waals surface area contributed by atoms with E-state index >= 15 is 0 Å². The lowest BCUT2D eigenvalue weighted by Gasteiger charge is -2.06. The molecule has 0 saturated heterocycles. The monoisotopic (exact) mass is 295 g/mol. The van der Waals surface area contributed by atoms with Crippen LogP contribution >= 0.6 is 0 Å². The lowest BCUT2D eigenvalue weighted by atomic mass is 10.1. The number of nitro groups is 1. The topological polar surface area (TPSA) is 106 Å². The Balaban J connectivity index is 2.67. The number of rotatable bonds is 3. The summed E-state index contributed by atoms with van der Waals surface area (Å²) in [4.78, 5) is 27.7. The Bertz CT molecular complexity index is 764. The van der Waals surface area contributed by atoms with Crippen molar-refractivity contribution in [2.45, 2.75) is 6.92 Å². The highest BCUT2D eigenvalue weighted by Gasteiger charge is 2.25. The van der Waals surface area contributed by atoms with Crippen LogP contribution in [0.25, 0.3) is 11.4 Å². The van der Waals surface area contributed by atoms with Crippen molar-refractivity contribution < 1.29 is 23.6 Å². The summed E-state index contributed by atoms with van der Waals surface area (Å²) < 4.78 is 27.7. The molecule has 0 aliphatic heterocycles. The summed E-state index contributed by atoms with van der Waals surface area (Å²) in [5, 5.41) is 19.5. The molecule has 0 amide bonds. The zero-order valence-corrected chi connectivity index (χ0v) is 10.5. The smallest absolute Gasteiger partial charge is 0.339 e. The van der Waals surface area contributed by atoms with Crippen molar-refractivity contribution in [2.24, 2.45) is 0 Å². The van der Waals surface area contributed by atoms with Crippen molar-refractivity contribution in [3.05, 3.63) is 51.3 Å². The summed E-state index contributed by atoms with van der Waals surface area (Å²) >= 11 is 0. The van der Waals surface area contributed by atoms with Crippen molar-refractivity contribution in [1.82, 2.24) is 9.97 Å². The van der Waals surface area contributed by atoms with Gasteiger partial charge in [0, 0.05) is 12.3 Å². The van der Waals surface area contributed by atoms with Gasteiger partial charge < -0.3 is 5.11 Å². The van der Waals surface area contributed by atoms with Crippen LogP contribution in [-0.4, -0.2) is 26.0 Å². The number of benzene rings is 1. The first kappa shape index (κ1) is 14.4. The zero-order valence-electron chi connectivity index (χ0n) is 10.5. The van der Waals surface area contributed by atoms with Gasteiger partial charge in [0.05, 0.1) is 21.7 Å². The number of carbonyl (C=O) groups is 1. The summed E-state index contributed by atoms with van der Waals surface area (Å²) in [7, 11) is 0. The highest BCUT2D eigenvalue weighted by molar-refractivity contribution is 5.88. The molecule has 0 saturated carbocycles. The van der Waals surface area contributed by atoms with Gasteiger partial charge in [-0.3, -0.25) is 10.1 Å². The molecule has 21 heavy (non-hydrogen) atoms. The molecule has 0 radical (unpaired) electrons. The Hall–Kier alpha value is -2.97. The molecule has 2 rings (SSSR count). The molecule has 1 aromatic heterocycles. The molecule has 0 unspecified atom stereocenters. The van der Waals surface area contributed by atoms with E-state index in [-0.39, 0.29) is 11.3 Å². The van der Waals surface area contributed by atoms with Crippen molar-refractivity contribution in [3.8, 4) is 11.4 Å². The number of hydrogen-bond donors (Lipinski definition) is 1. The second-order valence-electron chi connectivity index (χ2n) is 4.01. The third-order valence-corrected chi connectivity index (χ3v) is 2.70. The van der Waals surface area contributed by atoms with Crippen molar-refractivity contribution >= 4 is 11.7 Å². The molecular weight excluding hydrogens is 288 g/mol. The van der Waals surface area contributed by atoms with E-state index in [2.05, 4.69) is 9.97 Å². The number of aryl methyl sites for hydroxylation is 1. The molecule has 108 valence electrons. The van der Waals surface area contributed by atoms with Gasteiger partial charge in [0.1, 0.15) is 5.82 Å². The Labute approximate surface area is 116 Å². The highest BCUT2D eigenvalue weighted by Crippen LogP contribution is 2.29. The minimum absolute atomic E-state index is 0.0159. The molecule has 0 aliphatic rings. The number of halogens is 2. The van der Waals surface area contributed by atoms with Crippen molar-refractivity contribution in [3.63, 3.8) is 0 Å². The second-order valence-corrected chi connectivity index (χ2v) is 4.01. The van der Waals surface area contributed by atoms with Crippen LogP contribution < -0.4 is 0 Å². The SMILES string of the molecule is Cc1nc(-c2c(F)ccc([N+](=O)[O-])c2F)ncc1C(=O)O. The van der Waals surface area contributed by atoms with E-state index in [0.717, 1.165) is 12.3 Å². The number of aromatic carboxylic acids is 1. The Morgan fingerprint density at radius 3 is 2.57 bits per heavy atom. The van der Waals surface area contributed by atoms with Crippen LogP contribution in [0.1, 0.15) is 16.1 Å². The maximum Gasteiger partial charge on any atom is 0.339 e. The molecule has 0 spiro atoms. The molecule has 7 nitrogen and oxygen atoms in total. The van der Waals surface area contributed by atoms with E-state index in [1.54, 1.807) is 0 Å². The summed E-state index contributed by atoms with van der Waals surface area (Å²) in [6, 6.07) is 1.41. The van der Waals surface area contributed by atoms with Crippen LogP contribution in [-0.2, 0) is 0 Å². The van der Waals surface area contributed by atoms with Gasteiger partial charge in [-0.05, 0) is 13.0 Å². The van der Waals surface area contributed by atoms with Crippen LogP contribution in [0.15, 0.2) is 18.3 Å². The van der Waals surface area contributed by atoms with E-state index in [0.29, 0.717) is 6.07 Å². The number of aromatic nitrogens is 2. The molecule has 0 atom stereocenters. The van der Waals surface area contributed by atoms with Gasteiger partial charge in [0.25, 0.3) is 0 Å². The van der Waals surface area contributed by atoms with E-state index in [4.69, 9.17) is 5.11 Å². The van der Waals surface area contributed by atoms with E-state index in [9.17, 15) is 23.7 Å². The largest absolute Gasteiger partial charge is 0.478 e. The van der Waals surface area contributed by atoms with Crippen molar-refractivity contribution in [2.75, 3.05) is 0 Å². The third-order valence-electron chi connectivity index (χ3n) is 2.70. The van der Waals surface area contributed by atoms with E-state index < -0.39 is 39.6 Å². The van der Waals surface area contributed by atoms with Crippen molar-refractivity contribution in [1.29, 1.82) is 0 Å². The normalized spacial score (nSPS) is 10.4. The first-order valence-electron chi connectivity index (χ1n) is 5.52. The number of nitrogens with zero attached hydrogens (tertiary/aromatic N) is 3. The fourth-order valence-corrected chi connectivity index (χ4v) is 1.68. The number of carboxylic acid groups (broad SMARTS) is 1. The molecule has 0 bridgehead atoms. The van der Waals surface area contributed by atoms with Gasteiger partial charge in [-0.2, -0.15) is 4.39 Å². The molecule has 9 heteroatoms. The maximum absolute atomic E-state index is 14.0. The average molecular weight is 295 g/mol. The third kappa shape index (κ3) is 2.53. The van der Waals surface area contributed by atoms with E-state index in [1.165, 1.54) is 6.92 Å². The lowest BCUT2D eigenvalue weighted by Crippen LogP contribution is -2.06. The molecule has 0 aliphatic carbocycles. The number of carboxylic acids is 1. The molecule has 1 N–H and O–H groups in total. The minimum atomic E-state index is -1.41. The number of hydrogen-bond acceptors (Lipinski definition) is 5. The van der Waals surface area contributed by atoms with Crippen LogP contribution in [0.3, 0.4) is 0 Å². The minimum Gasteiger partial charge on any atom is -0.478 e. The molecular formula is C12H7F2N3O4. The molecule has 0 fully saturated rings. The van der Waals surface area contributed by atoms with Gasteiger partial charge in [0.2, 0.25) is 5.82 Å². The summed E-state index contributed by atoms with van der Waals surface area (Å²) in [5.74, 6) is -4.25. The first-order chi connectivity index (χ1) is 9.82. The Morgan fingerprint density at radius 2 is 2.05 bits per heavy atom. The summed E-state index contributed by atoms with van der Waals surface area (Å²) in [6.07, 6.45) is 0.887. The quantitative estimate of drug-likeness (QED) is 0.688. The average Bonchev–Trinajstić information content (AvgIpc) is 2.37. The molecule has 1 aromatic carbocycles. The zero-order chi connectivity index (χ0) is 15.7. The van der Waals surface area contributed by atoms with Crippen LogP contribution in [0.5, 0.6) is 0 Å². The predicted octanol–water partition coefficient (Wildman–Crippen LogP) is 2.34. The summed E-state index contributed by atoms with van der Waals surface area (Å²) in [5.41, 5.74) is -1.94. The van der Waals surface area contributed by atoms with Gasteiger partial charge in [-0.15, -0.1) is 0 Å². The summed E-state index contributed by atoms with van der Waals surface area (Å²) in [6.45, 7) is 1.32. The predicted molar refractivity (Wildman–Crippen MR) is 65.7 cm³/mol. The van der Waals surface area contributed by atoms with Gasteiger partial charge >= 0.3 is 11.7 Å². The Kier molecular flexibility index (Phi) is 3.57. The van der Waals surface area contributed by atoms with Crippen LogP contribution in [0, 0.1) is 28.7 Å². The van der Waals surface area contributed by atoms with E-state index in [1.807, 2.05) is 0 Å². The lowest BCUT2D eigenvalue weighted by molar-refractivity contribution is -0.387. The molecule has 1 heterocycles. The van der Waals surface area contributed by atoms with Gasteiger partial charge in [0.15, 0.2) is 5.82 Å². The first-order valence-corrected chi connectivity index (χ1v) is 5.52. The highest BCUT2D eigenvalue weighted by atomic mass is 19.1.